The average Bonchev–Trinajstić information content (AvgIpc) is 2.45. The summed E-state index contributed by atoms with van der Waals surface area (Å²) in [7, 11) is 1.73. The van der Waals surface area contributed by atoms with E-state index in [2.05, 4.69) is 31.5 Å². The minimum absolute atomic E-state index is 0.192. The van der Waals surface area contributed by atoms with Crippen LogP contribution in [-0.2, 0) is 6.54 Å². The van der Waals surface area contributed by atoms with Crippen molar-refractivity contribution in [1.82, 2.24) is 10.3 Å². The second-order valence-corrected chi connectivity index (χ2v) is 5.46. The molecule has 4 nitrogen and oxygen atoms in total. The first-order chi connectivity index (χ1) is 9.60. The van der Waals surface area contributed by atoms with Crippen LogP contribution in [0.15, 0.2) is 41.0 Å². The van der Waals surface area contributed by atoms with Crippen molar-refractivity contribution in [2.75, 3.05) is 12.4 Å². The zero-order valence-corrected chi connectivity index (χ0v) is 13.1. The molecule has 1 aromatic heterocycles. The highest BCUT2D eigenvalue weighted by molar-refractivity contribution is 9.10. The van der Waals surface area contributed by atoms with Crippen LogP contribution in [0.25, 0.3) is 0 Å². The van der Waals surface area contributed by atoms with E-state index in [0.29, 0.717) is 22.9 Å². The van der Waals surface area contributed by atoms with E-state index in [-0.39, 0.29) is 5.91 Å². The first kappa shape index (κ1) is 14.8. The molecule has 0 saturated carbocycles. The summed E-state index contributed by atoms with van der Waals surface area (Å²) in [5.41, 5.74) is 1.43. The van der Waals surface area contributed by atoms with Crippen molar-refractivity contribution in [1.29, 1.82) is 0 Å². The van der Waals surface area contributed by atoms with Crippen LogP contribution in [0.1, 0.15) is 15.9 Å². The summed E-state index contributed by atoms with van der Waals surface area (Å²) in [5, 5.41) is 6.39. The largest absolute Gasteiger partial charge is 0.372 e. The van der Waals surface area contributed by atoms with Crippen LogP contribution in [0.4, 0.5) is 5.82 Å². The molecule has 1 aromatic carbocycles. The molecule has 2 aromatic rings. The third-order valence-electron chi connectivity index (χ3n) is 2.68. The van der Waals surface area contributed by atoms with Gasteiger partial charge in [-0.25, -0.2) is 4.98 Å². The Kier molecular flexibility index (Phi) is 4.98. The number of hydrogen-bond acceptors (Lipinski definition) is 3. The van der Waals surface area contributed by atoms with Gasteiger partial charge in [0.2, 0.25) is 0 Å². The molecule has 1 amide bonds. The Hall–Kier alpha value is -1.59. The van der Waals surface area contributed by atoms with Crippen LogP contribution >= 0.6 is 27.5 Å². The van der Waals surface area contributed by atoms with E-state index in [0.717, 1.165) is 10.0 Å². The summed E-state index contributed by atoms with van der Waals surface area (Å²) in [6.45, 7) is 0.412. The Bertz CT molecular complexity index is 634. The van der Waals surface area contributed by atoms with E-state index >= 15 is 0 Å². The second kappa shape index (κ2) is 6.72. The molecule has 0 aliphatic rings. The Balaban J connectivity index is 2.10. The van der Waals surface area contributed by atoms with Gasteiger partial charge in [0, 0.05) is 29.3 Å². The van der Waals surface area contributed by atoms with Gasteiger partial charge in [-0.05, 0) is 39.7 Å². The normalized spacial score (nSPS) is 10.2. The molecule has 104 valence electrons. The maximum Gasteiger partial charge on any atom is 0.255 e. The monoisotopic (exact) mass is 353 g/mol. The molecule has 0 aliphatic heterocycles. The number of benzene rings is 1. The molecule has 0 radical (unpaired) electrons. The number of nitrogens with one attached hydrogen (secondary N) is 2. The average molecular weight is 355 g/mol. The van der Waals surface area contributed by atoms with Gasteiger partial charge < -0.3 is 10.6 Å². The van der Waals surface area contributed by atoms with Gasteiger partial charge in [-0.2, -0.15) is 0 Å². The van der Waals surface area contributed by atoms with Gasteiger partial charge in [0.1, 0.15) is 5.82 Å². The minimum atomic E-state index is -0.192. The van der Waals surface area contributed by atoms with E-state index in [1.807, 2.05) is 18.2 Å². The molecule has 0 spiro atoms. The Labute approximate surface area is 130 Å². The lowest BCUT2D eigenvalue weighted by atomic mass is 10.2. The second-order valence-electron chi connectivity index (χ2n) is 4.11. The highest BCUT2D eigenvalue weighted by Crippen LogP contribution is 2.18. The topological polar surface area (TPSA) is 54.0 Å². The van der Waals surface area contributed by atoms with Crippen LogP contribution in [0.3, 0.4) is 0 Å². The standard InChI is InChI=1S/C14H13BrClN3O/c1-17-13-12(6-10(15)8-18-13)14(20)19-7-9-3-2-4-11(16)5-9/h2-6,8H,7H2,1H3,(H,17,18)(H,19,20). The maximum absolute atomic E-state index is 12.2. The summed E-state index contributed by atoms with van der Waals surface area (Å²) < 4.78 is 0.754. The van der Waals surface area contributed by atoms with E-state index in [1.165, 1.54) is 0 Å². The lowest BCUT2D eigenvalue weighted by molar-refractivity contribution is 0.0951. The molecule has 0 fully saturated rings. The van der Waals surface area contributed by atoms with E-state index in [4.69, 9.17) is 11.6 Å². The maximum atomic E-state index is 12.2. The van der Waals surface area contributed by atoms with Crippen molar-refractivity contribution in [3.8, 4) is 0 Å². The molecule has 20 heavy (non-hydrogen) atoms. The van der Waals surface area contributed by atoms with Gasteiger partial charge in [0.15, 0.2) is 0 Å². The van der Waals surface area contributed by atoms with Crippen molar-refractivity contribution in [2.45, 2.75) is 6.54 Å². The molecule has 0 unspecified atom stereocenters. The smallest absolute Gasteiger partial charge is 0.255 e. The Morgan fingerprint density at radius 1 is 1.40 bits per heavy atom. The minimum Gasteiger partial charge on any atom is -0.372 e. The van der Waals surface area contributed by atoms with Crippen molar-refractivity contribution in [3.05, 3.63) is 57.2 Å². The quantitative estimate of drug-likeness (QED) is 0.884. The number of halogens is 2. The number of nitrogens with zero attached hydrogens (tertiary/aromatic N) is 1. The first-order valence-electron chi connectivity index (χ1n) is 5.96. The SMILES string of the molecule is CNc1ncc(Br)cc1C(=O)NCc1cccc(Cl)c1. The number of carbonyl (C=O) groups is 1. The number of rotatable bonds is 4. The van der Waals surface area contributed by atoms with Gasteiger partial charge in [0.25, 0.3) is 5.91 Å². The van der Waals surface area contributed by atoms with E-state index < -0.39 is 0 Å². The van der Waals surface area contributed by atoms with Crippen LogP contribution in [0.2, 0.25) is 5.02 Å². The number of hydrogen-bond donors (Lipinski definition) is 2. The summed E-state index contributed by atoms with van der Waals surface area (Å²) in [5.74, 6) is 0.347. The molecule has 0 atom stereocenters. The third-order valence-corrected chi connectivity index (χ3v) is 3.35. The van der Waals surface area contributed by atoms with Gasteiger partial charge in [0.05, 0.1) is 5.56 Å². The number of pyridine rings is 1. The summed E-state index contributed by atoms with van der Waals surface area (Å²) in [6.07, 6.45) is 1.64. The first-order valence-corrected chi connectivity index (χ1v) is 7.13. The van der Waals surface area contributed by atoms with Crippen molar-refractivity contribution < 1.29 is 4.79 Å². The Morgan fingerprint density at radius 3 is 2.90 bits per heavy atom. The predicted octanol–water partition coefficient (Wildman–Crippen LogP) is 3.47. The molecular weight excluding hydrogens is 342 g/mol. The lowest BCUT2D eigenvalue weighted by Gasteiger charge is -2.09. The summed E-state index contributed by atoms with van der Waals surface area (Å²) in [4.78, 5) is 16.3. The van der Waals surface area contributed by atoms with E-state index in [9.17, 15) is 4.79 Å². The lowest BCUT2D eigenvalue weighted by Crippen LogP contribution is -2.24. The van der Waals surface area contributed by atoms with Crippen LogP contribution in [-0.4, -0.2) is 17.9 Å². The van der Waals surface area contributed by atoms with Gasteiger partial charge >= 0.3 is 0 Å². The molecule has 2 rings (SSSR count). The van der Waals surface area contributed by atoms with Gasteiger partial charge in [-0.15, -0.1) is 0 Å². The number of anilines is 1. The molecule has 0 aliphatic carbocycles. The fraction of sp³-hybridized carbons (Fsp3) is 0.143. The number of aromatic nitrogens is 1. The van der Waals surface area contributed by atoms with Crippen molar-refractivity contribution in [3.63, 3.8) is 0 Å². The third kappa shape index (κ3) is 3.71. The summed E-state index contributed by atoms with van der Waals surface area (Å²) >= 11 is 9.22. The predicted molar refractivity (Wildman–Crippen MR) is 84.1 cm³/mol. The molecule has 0 bridgehead atoms. The molecular formula is C14H13BrClN3O. The van der Waals surface area contributed by atoms with Crippen LogP contribution < -0.4 is 10.6 Å². The van der Waals surface area contributed by atoms with Gasteiger partial charge in [-0.1, -0.05) is 23.7 Å². The van der Waals surface area contributed by atoms with Crippen LogP contribution in [0, 0.1) is 0 Å². The number of amides is 1. The zero-order chi connectivity index (χ0) is 14.5. The van der Waals surface area contributed by atoms with Crippen molar-refractivity contribution in [2.24, 2.45) is 0 Å². The number of carbonyl (C=O) groups excluding carboxylic acids is 1. The van der Waals surface area contributed by atoms with Crippen LogP contribution in [0.5, 0.6) is 0 Å². The molecule has 0 saturated heterocycles. The van der Waals surface area contributed by atoms with E-state index in [1.54, 1.807) is 25.4 Å². The highest BCUT2D eigenvalue weighted by Gasteiger charge is 2.12. The molecule has 1 heterocycles. The Morgan fingerprint density at radius 2 is 2.20 bits per heavy atom. The zero-order valence-electron chi connectivity index (χ0n) is 10.8. The fourth-order valence-electron chi connectivity index (χ4n) is 1.74. The molecule has 2 N–H and O–H groups in total. The molecule has 6 heteroatoms. The summed E-state index contributed by atoms with van der Waals surface area (Å²) in [6, 6.07) is 9.10. The van der Waals surface area contributed by atoms with Crippen molar-refractivity contribution >= 4 is 39.3 Å². The van der Waals surface area contributed by atoms with Gasteiger partial charge in [-0.3, -0.25) is 4.79 Å². The highest BCUT2D eigenvalue weighted by atomic mass is 79.9. The fourth-order valence-corrected chi connectivity index (χ4v) is 2.28.